The highest BCUT2D eigenvalue weighted by atomic mass is 15.1. The molecular weight excluding hydrogens is 184 g/mol. The highest BCUT2D eigenvalue weighted by molar-refractivity contribution is 5.58. The molecule has 1 aliphatic carbocycles. The summed E-state index contributed by atoms with van der Waals surface area (Å²) in [5.41, 5.74) is 9.27. The molecule has 82 valence electrons. The fourth-order valence-electron chi connectivity index (χ4n) is 2.00. The number of hydrogen-bond acceptors (Lipinski definition) is 2. The molecule has 0 heterocycles. The predicted octanol–water partition coefficient (Wildman–Crippen LogP) is 2.81. The normalized spacial score (nSPS) is 15.3. The second kappa shape index (κ2) is 4.13. The number of rotatable bonds is 4. The average molecular weight is 204 g/mol. The lowest BCUT2D eigenvalue weighted by molar-refractivity contribution is 0.742. The number of benzene rings is 1. The minimum atomic E-state index is 0.874. The third-order valence-corrected chi connectivity index (χ3v) is 3.01. The van der Waals surface area contributed by atoms with Crippen molar-refractivity contribution in [3.05, 3.63) is 23.8 Å². The summed E-state index contributed by atoms with van der Waals surface area (Å²) in [6.45, 7) is 6.57. The number of nitrogens with zero attached hydrogens (tertiary/aromatic N) is 1. The first-order valence-corrected chi connectivity index (χ1v) is 5.81. The molecule has 1 saturated carbocycles. The van der Waals surface area contributed by atoms with Gasteiger partial charge in [0.1, 0.15) is 0 Å². The van der Waals surface area contributed by atoms with Crippen LogP contribution in [0.1, 0.15) is 25.3 Å². The summed E-state index contributed by atoms with van der Waals surface area (Å²) in [4.78, 5) is 2.43. The maximum Gasteiger partial charge on any atom is 0.0389 e. The molecule has 0 unspecified atom stereocenters. The van der Waals surface area contributed by atoms with Crippen molar-refractivity contribution in [2.75, 3.05) is 23.7 Å². The molecule has 1 fully saturated rings. The standard InChI is InChI=1S/C13H20N2/c1-3-15(9-11-4-5-11)13-7-10(2)6-12(14)8-13/h6-8,11H,3-5,9,14H2,1-2H3. The van der Waals surface area contributed by atoms with Crippen LogP contribution in [0.2, 0.25) is 0 Å². The summed E-state index contributed by atoms with van der Waals surface area (Å²) in [7, 11) is 0. The zero-order chi connectivity index (χ0) is 10.8. The van der Waals surface area contributed by atoms with Crippen molar-refractivity contribution in [3.63, 3.8) is 0 Å². The SMILES string of the molecule is CCN(CC1CC1)c1cc(C)cc(N)c1. The Morgan fingerprint density at radius 2 is 2.07 bits per heavy atom. The van der Waals surface area contributed by atoms with E-state index in [1.165, 1.54) is 30.6 Å². The third kappa shape index (κ3) is 2.65. The van der Waals surface area contributed by atoms with E-state index in [1.54, 1.807) is 0 Å². The Bertz CT molecular complexity index is 322. The summed E-state index contributed by atoms with van der Waals surface area (Å²) < 4.78 is 0. The number of anilines is 2. The molecular formula is C13H20N2. The zero-order valence-electron chi connectivity index (χ0n) is 9.66. The Hall–Kier alpha value is -1.18. The Kier molecular flexibility index (Phi) is 2.85. The quantitative estimate of drug-likeness (QED) is 0.764. The second-order valence-electron chi connectivity index (χ2n) is 4.58. The van der Waals surface area contributed by atoms with E-state index in [0.717, 1.165) is 18.2 Å². The van der Waals surface area contributed by atoms with Gasteiger partial charge in [0.05, 0.1) is 0 Å². The van der Waals surface area contributed by atoms with Crippen molar-refractivity contribution in [1.82, 2.24) is 0 Å². The van der Waals surface area contributed by atoms with Gasteiger partial charge in [-0.3, -0.25) is 0 Å². The Morgan fingerprint density at radius 1 is 1.33 bits per heavy atom. The van der Waals surface area contributed by atoms with Gasteiger partial charge in [-0.1, -0.05) is 0 Å². The van der Waals surface area contributed by atoms with Gasteiger partial charge in [-0.25, -0.2) is 0 Å². The number of hydrogen-bond donors (Lipinski definition) is 1. The highest BCUT2D eigenvalue weighted by Crippen LogP contribution is 2.32. The number of nitrogens with two attached hydrogens (primary N) is 1. The van der Waals surface area contributed by atoms with Crippen LogP contribution in [-0.4, -0.2) is 13.1 Å². The van der Waals surface area contributed by atoms with Crippen LogP contribution in [0.5, 0.6) is 0 Å². The minimum Gasteiger partial charge on any atom is -0.399 e. The molecule has 0 radical (unpaired) electrons. The minimum absolute atomic E-state index is 0.874. The molecule has 0 bridgehead atoms. The Labute approximate surface area is 92.1 Å². The van der Waals surface area contributed by atoms with Gasteiger partial charge in [-0.15, -0.1) is 0 Å². The van der Waals surface area contributed by atoms with Gasteiger partial charge in [-0.2, -0.15) is 0 Å². The molecule has 0 spiro atoms. The smallest absolute Gasteiger partial charge is 0.0389 e. The van der Waals surface area contributed by atoms with Crippen LogP contribution >= 0.6 is 0 Å². The fourth-order valence-corrected chi connectivity index (χ4v) is 2.00. The van der Waals surface area contributed by atoms with Gasteiger partial charge in [0, 0.05) is 24.5 Å². The van der Waals surface area contributed by atoms with Gasteiger partial charge in [-0.05, 0) is 56.4 Å². The molecule has 1 aromatic rings. The van der Waals surface area contributed by atoms with Crippen molar-refractivity contribution in [2.24, 2.45) is 5.92 Å². The number of nitrogen functional groups attached to an aromatic ring is 1. The maximum atomic E-state index is 5.87. The molecule has 0 aromatic heterocycles. The van der Waals surface area contributed by atoms with Crippen LogP contribution in [0, 0.1) is 12.8 Å². The van der Waals surface area contributed by atoms with Crippen molar-refractivity contribution in [3.8, 4) is 0 Å². The van der Waals surface area contributed by atoms with Crippen LogP contribution in [0.25, 0.3) is 0 Å². The molecule has 1 aliphatic rings. The van der Waals surface area contributed by atoms with Gasteiger partial charge in [0.15, 0.2) is 0 Å². The number of aryl methyl sites for hydroxylation is 1. The van der Waals surface area contributed by atoms with E-state index >= 15 is 0 Å². The van der Waals surface area contributed by atoms with E-state index in [0.29, 0.717) is 0 Å². The largest absolute Gasteiger partial charge is 0.399 e. The summed E-state index contributed by atoms with van der Waals surface area (Å²) in [5, 5.41) is 0. The molecule has 2 nitrogen and oxygen atoms in total. The summed E-state index contributed by atoms with van der Waals surface area (Å²) in [6, 6.07) is 6.33. The molecule has 15 heavy (non-hydrogen) atoms. The van der Waals surface area contributed by atoms with Crippen LogP contribution in [0.4, 0.5) is 11.4 Å². The first-order valence-electron chi connectivity index (χ1n) is 5.81. The highest BCUT2D eigenvalue weighted by Gasteiger charge is 2.23. The van der Waals surface area contributed by atoms with Gasteiger partial charge in [0.2, 0.25) is 0 Å². The molecule has 0 atom stereocenters. The maximum absolute atomic E-state index is 5.87. The summed E-state index contributed by atoms with van der Waals surface area (Å²) in [6.07, 6.45) is 2.80. The van der Waals surface area contributed by atoms with E-state index in [4.69, 9.17) is 5.73 Å². The van der Waals surface area contributed by atoms with Crippen molar-refractivity contribution in [1.29, 1.82) is 0 Å². The van der Waals surface area contributed by atoms with Crippen LogP contribution in [0.3, 0.4) is 0 Å². The molecule has 2 N–H and O–H groups in total. The monoisotopic (exact) mass is 204 g/mol. The van der Waals surface area contributed by atoms with Gasteiger partial charge < -0.3 is 10.6 Å². The zero-order valence-corrected chi connectivity index (χ0v) is 9.66. The van der Waals surface area contributed by atoms with Crippen LogP contribution in [0.15, 0.2) is 18.2 Å². The van der Waals surface area contributed by atoms with Gasteiger partial charge >= 0.3 is 0 Å². The third-order valence-electron chi connectivity index (χ3n) is 3.01. The van der Waals surface area contributed by atoms with Crippen LogP contribution in [-0.2, 0) is 0 Å². The molecule has 2 rings (SSSR count). The first kappa shape index (κ1) is 10.3. The van der Waals surface area contributed by atoms with E-state index in [2.05, 4.69) is 30.9 Å². The molecule has 0 saturated heterocycles. The van der Waals surface area contributed by atoms with E-state index in [9.17, 15) is 0 Å². The van der Waals surface area contributed by atoms with E-state index < -0.39 is 0 Å². The second-order valence-corrected chi connectivity index (χ2v) is 4.58. The molecule has 1 aromatic carbocycles. The average Bonchev–Trinajstić information content (AvgIpc) is 2.96. The molecule has 0 aliphatic heterocycles. The molecule has 0 amide bonds. The predicted molar refractivity (Wildman–Crippen MR) is 66.2 cm³/mol. The van der Waals surface area contributed by atoms with E-state index in [-0.39, 0.29) is 0 Å². The summed E-state index contributed by atoms with van der Waals surface area (Å²) in [5.74, 6) is 0.923. The lowest BCUT2D eigenvalue weighted by Gasteiger charge is -2.23. The summed E-state index contributed by atoms with van der Waals surface area (Å²) >= 11 is 0. The lowest BCUT2D eigenvalue weighted by Crippen LogP contribution is -2.25. The van der Waals surface area contributed by atoms with Crippen molar-refractivity contribution >= 4 is 11.4 Å². The van der Waals surface area contributed by atoms with Crippen molar-refractivity contribution in [2.45, 2.75) is 26.7 Å². The lowest BCUT2D eigenvalue weighted by atomic mass is 10.1. The fraction of sp³-hybridized carbons (Fsp3) is 0.538. The topological polar surface area (TPSA) is 29.3 Å². The van der Waals surface area contributed by atoms with Crippen LogP contribution < -0.4 is 10.6 Å². The Morgan fingerprint density at radius 3 is 2.60 bits per heavy atom. The first-order chi connectivity index (χ1) is 7.19. The van der Waals surface area contributed by atoms with E-state index in [1.807, 2.05) is 6.07 Å². The van der Waals surface area contributed by atoms with Gasteiger partial charge in [0.25, 0.3) is 0 Å². The Balaban J connectivity index is 2.16. The van der Waals surface area contributed by atoms with Crippen molar-refractivity contribution < 1.29 is 0 Å². The molecule has 2 heteroatoms.